The van der Waals surface area contributed by atoms with Crippen molar-refractivity contribution in [2.24, 2.45) is 0 Å². The highest BCUT2D eigenvalue weighted by Gasteiger charge is 2.33. The number of benzene rings is 1. The van der Waals surface area contributed by atoms with Crippen LogP contribution in [-0.2, 0) is 12.7 Å². The van der Waals surface area contributed by atoms with Crippen molar-refractivity contribution in [3.8, 4) is 11.6 Å². The van der Waals surface area contributed by atoms with Gasteiger partial charge in [-0.1, -0.05) is 30.3 Å². The van der Waals surface area contributed by atoms with Gasteiger partial charge in [0.15, 0.2) is 11.6 Å². The lowest BCUT2D eigenvalue weighted by molar-refractivity contribution is -0.140. The first-order chi connectivity index (χ1) is 10.0. The second kappa shape index (κ2) is 5.08. The van der Waals surface area contributed by atoms with Gasteiger partial charge in [0.25, 0.3) is 0 Å². The highest BCUT2D eigenvalue weighted by atomic mass is 19.4. The molecule has 2 heterocycles. The van der Waals surface area contributed by atoms with Crippen molar-refractivity contribution >= 4 is 0 Å². The minimum Gasteiger partial charge on any atom is -0.332 e. The monoisotopic (exact) mass is 292 g/mol. The van der Waals surface area contributed by atoms with Crippen molar-refractivity contribution in [2.45, 2.75) is 12.7 Å². The Hall–Kier alpha value is -2.57. The SMILES string of the molecule is FC(F)(F)c1cnc(-c2nccn2Cc2ccccc2)[nH]1. The van der Waals surface area contributed by atoms with Gasteiger partial charge < -0.3 is 9.55 Å². The molecule has 0 aliphatic rings. The highest BCUT2D eigenvalue weighted by Crippen LogP contribution is 2.29. The molecule has 0 unspecified atom stereocenters. The maximum Gasteiger partial charge on any atom is 0.432 e. The number of H-pyrrole nitrogens is 1. The number of aromatic nitrogens is 4. The summed E-state index contributed by atoms with van der Waals surface area (Å²) in [4.78, 5) is 10.1. The zero-order valence-corrected chi connectivity index (χ0v) is 10.8. The molecule has 4 nitrogen and oxygen atoms in total. The van der Waals surface area contributed by atoms with Crippen molar-refractivity contribution in [1.82, 2.24) is 19.5 Å². The number of nitrogens with one attached hydrogen (secondary N) is 1. The second-order valence-corrected chi connectivity index (χ2v) is 4.51. The summed E-state index contributed by atoms with van der Waals surface area (Å²) in [5.74, 6) is 0.470. The normalized spacial score (nSPS) is 11.8. The Morgan fingerprint density at radius 2 is 1.86 bits per heavy atom. The van der Waals surface area contributed by atoms with E-state index in [1.807, 2.05) is 30.3 Å². The van der Waals surface area contributed by atoms with Crippen LogP contribution < -0.4 is 0 Å². The summed E-state index contributed by atoms with van der Waals surface area (Å²) < 4.78 is 39.5. The molecule has 0 aliphatic carbocycles. The Morgan fingerprint density at radius 3 is 2.52 bits per heavy atom. The van der Waals surface area contributed by atoms with Gasteiger partial charge in [0, 0.05) is 18.9 Å². The van der Waals surface area contributed by atoms with E-state index >= 15 is 0 Å². The fraction of sp³-hybridized carbons (Fsp3) is 0.143. The van der Waals surface area contributed by atoms with Crippen LogP contribution in [0.3, 0.4) is 0 Å². The van der Waals surface area contributed by atoms with Gasteiger partial charge in [0.2, 0.25) is 0 Å². The molecule has 2 aromatic heterocycles. The molecule has 108 valence electrons. The van der Waals surface area contributed by atoms with Crippen LogP contribution in [0, 0.1) is 0 Å². The fourth-order valence-electron chi connectivity index (χ4n) is 2.01. The maximum atomic E-state index is 12.6. The van der Waals surface area contributed by atoms with Crippen molar-refractivity contribution in [2.75, 3.05) is 0 Å². The van der Waals surface area contributed by atoms with Crippen molar-refractivity contribution in [3.63, 3.8) is 0 Å². The van der Waals surface area contributed by atoms with Crippen LogP contribution in [0.15, 0.2) is 48.9 Å². The summed E-state index contributed by atoms with van der Waals surface area (Å²) >= 11 is 0. The molecule has 0 spiro atoms. The van der Waals surface area contributed by atoms with E-state index in [0.29, 0.717) is 12.4 Å². The first kappa shape index (κ1) is 13.4. The van der Waals surface area contributed by atoms with Crippen LogP contribution in [0.2, 0.25) is 0 Å². The van der Waals surface area contributed by atoms with Gasteiger partial charge in [0.05, 0.1) is 6.20 Å². The molecule has 0 bridgehead atoms. The Balaban J connectivity index is 1.90. The Kier molecular flexibility index (Phi) is 3.25. The molecule has 0 saturated carbocycles. The molecule has 0 fully saturated rings. The summed E-state index contributed by atoms with van der Waals surface area (Å²) in [6.45, 7) is 0.512. The molecule has 7 heteroatoms. The highest BCUT2D eigenvalue weighted by molar-refractivity contribution is 5.45. The van der Waals surface area contributed by atoms with Crippen molar-refractivity contribution in [3.05, 3.63) is 60.2 Å². The Morgan fingerprint density at radius 1 is 1.10 bits per heavy atom. The van der Waals surface area contributed by atoms with E-state index in [1.54, 1.807) is 10.8 Å². The summed E-state index contributed by atoms with van der Waals surface area (Å²) in [6.07, 6.45) is -0.425. The number of alkyl halides is 3. The molecule has 3 rings (SSSR count). The molecule has 0 amide bonds. The van der Waals surface area contributed by atoms with Crippen LogP contribution in [-0.4, -0.2) is 19.5 Å². The predicted molar refractivity (Wildman–Crippen MR) is 70.4 cm³/mol. The summed E-state index contributed by atoms with van der Waals surface area (Å²) in [5, 5.41) is 0. The average molecular weight is 292 g/mol. The van der Waals surface area contributed by atoms with E-state index < -0.39 is 11.9 Å². The van der Waals surface area contributed by atoms with Gasteiger partial charge in [0.1, 0.15) is 5.69 Å². The van der Waals surface area contributed by atoms with Crippen LogP contribution in [0.1, 0.15) is 11.3 Å². The average Bonchev–Trinajstić information content (AvgIpc) is 3.07. The number of nitrogens with zero attached hydrogens (tertiary/aromatic N) is 3. The molecular weight excluding hydrogens is 281 g/mol. The third kappa shape index (κ3) is 2.81. The molecule has 1 N–H and O–H groups in total. The van der Waals surface area contributed by atoms with Crippen LogP contribution >= 0.6 is 0 Å². The minimum absolute atomic E-state index is 0.100. The van der Waals surface area contributed by atoms with E-state index in [2.05, 4.69) is 15.0 Å². The van der Waals surface area contributed by atoms with Gasteiger partial charge in [-0.2, -0.15) is 13.2 Å². The first-order valence-corrected chi connectivity index (χ1v) is 6.21. The number of imidazole rings is 2. The third-order valence-electron chi connectivity index (χ3n) is 3.00. The van der Waals surface area contributed by atoms with Crippen LogP contribution in [0.25, 0.3) is 11.6 Å². The third-order valence-corrected chi connectivity index (χ3v) is 3.00. The summed E-state index contributed by atoms with van der Waals surface area (Å²) in [6, 6.07) is 9.59. The fourth-order valence-corrected chi connectivity index (χ4v) is 2.01. The van der Waals surface area contributed by atoms with E-state index in [9.17, 15) is 13.2 Å². The molecule has 21 heavy (non-hydrogen) atoms. The maximum absolute atomic E-state index is 12.6. The summed E-state index contributed by atoms with van der Waals surface area (Å²) in [7, 11) is 0. The number of hydrogen-bond donors (Lipinski definition) is 1. The van der Waals surface area contributed by atoms with Gasteiger partial charge in [-0.15, -0.1) is 0 Å². The number of hydrogen-bond acceptors (Lipinski definition) is 2. The lowest BCUT2D eigenvalue weighted by Gasteiger charge is -2.06. The van der Waals surface area contributed by atoms with Gasteiger partial charge >= 0.3 is 6.18 Å². The van der Waals surface area contributed by atoms with Crippen molar-refractivity contribution in [1.29, 1.82) is 0 Å². The lowest BCUT2D eigenvalue weighted by Crippen LogP contribution is -2.06. The lowest BCUT2D eigenvalue weighted by atomic mass is 10.2. The van der Waals surface area contributed by atoms with Crippen molar-refractivity contribution < 1.29 is 13.2 Å². The number of aromatic amines is 1. The topological polar surface area (TPSA) is 46.5 Å². The van der Waals surface area contributed by atoms with Gasteiger partial charge in [-0.25, -0.2) is 9.97 Å². The smallest absolute Gasteiger partial charge is 0.332 e. The Bertz CT molecular complexity index is 728. The van der Waals surface area contributed by atoms with E-state index in [4.69, 9.17) is 0 Å². The second-order valence-electron chi connectivity index (χ2n) is 4.51. The summed E-state index contributed by atoms with van der Waals surface area (Å²) in [5.41, 5.74) is 0.145. The van der Waals surface area contributed by atoms with Gasteiger partial charge in [-0.3, -0.25) is 0 Å². The molecule has 3 aromatic rings. The standard InChI is InChI=1S/C14H11F3N4/c15-14(16,17)11-8-19-12(20-11)13-18-6-7-21(13)9-10-4-2-1-3-5-10/h1-8H,9H2,(H,19,20). The molecular formula is C14H11F3N4. The molecule has 0 saturated heterocycles. The molecule has 1 aromatic carbocycles. The molecule has 0 atom stereocenters. The molecule has 0 aliphatic heterocycles. The predicted octanol–water partition coefficient (Wildman–Crippen LogP) is 3.34. The van der Waals surface area contributed by atoms with E-state index in [0.717, 1.165) is 11.8 Å². The molecule has 0 radical (unpaired) electrons. The number of halogens is 3. The van der Waals surface area contributed by atoms with Crippen LogP contribution in [0.5, 0.6) is 0 Å². The zero-order chi connectivity index (χ0) is 14.9. The van der Waals surface area contributed by atoms with E-state index in [1.165, 1.54) is 6.20 Å². The number of rotatable bonds is 3. The first-order valence-electron chi connectivity index (χ1n) is 6.21. The van der Waals surface area contributed by atoms with Gasteiger partial charge in [-0.05, 0) is 5.56 Å². The largest absolute Gasteiger partial charge is 0.432 e. The van der Waals surface area contributed by atoms with E-state index in [-0.39, 0.29) is 5.82 Å². The zero-order valence-electron chi connectivity index (χ0n) is 10.8. The minimum atomic E-state index is -4.44. The quantitative estimate of drug-likeness (QED) is 0.804. The Labute approximate surface area is 118 Å². The van der Waals surface area contributed by atoms with Crippen LogP contribution in [0.4, 0.5) is 13.2 Å².